The van der Waals surface area contributed by atoms with Crippen molar-refractivity contribution in [2.45, 2.75) is 39.2 Å². The molecule has 2 heterocycles. The van der Waals surface area contributed by atoms with Gasteiger partial charge in [-0.15, -0.1) is 0 Å². The van der Waals surface area contributed by atoms with Gasteiger partial charge in [0.25, 0.3) is 0 Å². The summed E-state index contributed by atoms with van der Waals surface area (Å²) < 4.78 is 10.7. The van der Waals surface area contributed by atoms with E-state index in [1.807, 2.05) is 13.0 Å². The predicted octanol–water partition coefficient (Wildman–Crippen LogP) is 2.15. The second-order valence-corrected chi connectivity index (χ2v) is 6.89. The minimum absolute atomic E-state index is 0.0817. The molecule has 0 radical (unpaired) electrons. The summed E-state index contributed by atoms with van der Waals surface area (Å²) in [4.78, 5) is 23.9. The van der Waals surface area contributed by atoms with Crippen molar-refractivity contribution < 1.29 is 19.1 Å². The summed E-state index contributed by atoms with van der Waals surface area (Å²) >= 11 is 0. The summed E-state index contributed by atoms with van der Waals surface area (Å²) in [6, 6.07) is 0. The third kappa shape index (κ3) is 1.27. The molecule has 2 aliphatic heterocycles. The van der Waals surface area contributed by atoms with Gasteiger partial charge >= 0.3 is 11.9 Å². The van der Waals surface area contributed by atoms with Crippen molar-refractivity contribution >= 4 is 11.9 Å². The van der Waals surface area contributed by atoms with Crippen molar-refractivity contribution in [2.24, 2.45) is 16.7 Å². The van der Waals surface area contributed by atoms with E-state index < -0.39 is 5.41 Å². The standard InChI is InChI=1S/C16H18O4/c1-15-4-3-5-16(2)13(15)11(20-14(16)18)6-9-8-19-12(17)7-10(9)15/h6-7,11,13H,3-5,8H2,1-2H3/t11?,13?,15-,16+/m1/s1. The van der Waals surface area contributed by atoms with Crippen LogP contribution >= 0.6 is 0 Å². The highest BCUT2D eigenvalue weighted by molar-refractivity contribution is 5.87. The van der Waals surface area contributed by atoms with Gasteiger partial charge in [0.1, 0.15) is 12.7 Å². The zero-order valence-electron chi connectivity index (χ0n) is 11.8. The molecule has 1 saturated carbocycles. The predicted molar refractivity (Wildman–Crippen MR) is 70.6 cm³/mol. The number of fused-ring (bicyclic) bond motifs is 2. The van der Waals surface area contributed by atoms with E-state index >= 15 is 0 Å². The van der Waals surface area contributed by atoms with Crippen molar-refractivity contribution in [3.05, 3.63) is 23.3 Å². The van der Waals surface area contributed by atoms with Gasteiger partial charge in [-0.2, -0.15) is 0 Å². The first-order chi connectivity index (χ1) is 9.45. The molecule has 106 valence electrons. The zero-order valence-corrected chi connectivity index (χ0v) is 11.8. The van der Waals surface area contributed by atoms with Gasteiger partial charge in [-0.05, 0) is 37.0 Å². The molecule has 4 rings (SSSR count). The first-order valence-electron chi connectivity index (χ1n) is 7.26. The highest BCUT2D eigenvalue weighted by Crippen LogP contribution is 2.63. The van der Waals surface area contributed by atoms with Gasteiger partial charge in [0.05, 0.1) is 5.41 Å². The monoisotopic (exact) mass is 274 g/mol. The molecule has 0 bridgehead atoms. The van der Waals surface area contributed by atoms with Crippen LogP contribution in [0.5, 0.6) is 0 Å². The Morgan fingerprint density at radius 3 is 2.75 bits per heavy atom. The van der Waals surface area contributed by atoms with E-state index in [0.29, 0.717) is 6.61 Å². The lowest BCUT2D eigenvalue weighted by molar-refractivity contribution is -0.148. The summed E-state index contributed by atoms with van der Waals surface area (Å²) in [5, 5.41) is 0. The lowest BCUT2D eigenvalue weighted by Crippen LogP contribution is -2.50. The quantitative estimate of drug-likeness (QED) is 0.635. The summed E-state index contributed by atoms with van der Waals surface area (Å²) in [7, 11) is 0. The topological polar surface area (TPSA) is 52.6 Å². The largest absolute Gasteiger partial charge is 0.458 e. The Labute approximate surface area is 117 Å². The molecule has 4 aliphatic rings. The first kappa shape index (κ1) is 12.2. The molecule has 2 fully saturated rings. The van der Waals surface area contributed by atoms with Crippen molar-refractivity contribution in [3.8, 4) is 0 Å². The maximum atomic E-state index is 12.3. The Balaban J connectivity index is 1.93. The highest BCUT2D eigenvalue weighted by atomic mass is 16.6. The van der Waals surface area contributed by atoms with E-state index in [9.17, 15) is 9.59 Å². The molecule has 4 atom stereocenters. The minimum atomic E-state index is -0.415. The molecule has 0 amide bonds. The van der Waals surface area contributed by atoms with Crippen LogP contribution in [0.4, 0.5) is 0 Å². The van der Waals surface area contributed by atoms with Crippen LogP contribution < -0.4 is 0 Å². The molecular weight excluding hydrogens is 256 g/mol. The minimum Gasteiger partial charge on any atom is -0.458 e. The second-order valence-electron chi connectivity index (χ2n) is 6.89. The molecule has 0 spiro atoms. The number of ether oxygens (including phenoxy) is 2. The van der Waals surface area contributed by atoms with Crippen LogP contribution in [0.3, 0.4) is 0 Å². The van der Waals surface area contributed by atoms with Crippen LogP contribution in [0.15, 0.2) is 23.3 Å². The number of hydrogen-bond donors (Lipinski definition) is 0. The van der Waals surface area contributed by atoms with Gasteiger partial charge in [0.2, 0.25) is 0 Å². The Morgan fingerprint density at radius 1 is 1.20 bits per heavy atom. The van der Waals surface area contributed by atoms with Crippen LogP contribution in [0.1, 0.15) is 33.1 Å². The summed E-state index contributed by atoms with van der Waals surface area (Å²) in [5.74, 6) is -0.215. The van der Waals surface area contributed by atoms with Gasteiger partial charge in [0.15, 0.2) is 0 Å². The molecule has 2 aliphatic carbocycles. The van der Waals surface area contributed by atoms with Gasteiger partial charge in [-0.25, -0.2) is 4.79 Å². The first-order valence-corrected chi connectivity index (χ1v) is 7.26. The Morgan fingerprint density at radius 2 is 1.95 bits per heavy atom. The number of carbonyl (C=O) groups is 2. The Bertz CT molecular complexity index is 587. The number of hydrogen-bond acceptors (Lipinski definition) is 4. The second kappa shape index (κ2) is 3.54. The summed E-state index contributed by atoms with van der Waals surface area (Å²) in [5.41, 5.74) is 1.52. The van der Waals surface area contributed by atoms with Gasteiger partial charge in [0, 0.05) is 17.4 Å². The van der Waals surface area contributed by atoms with Crippen LogP contribution in [0, 0.1) is 16.7 Å². The van der Waals surface area contributed by atoms with Gasteiger partial charge < -0.3 is 9.47 Å². The van der Waals surface area contributed by atoms with Crippen LogP contribution in [0.25, 0.3) is 0 Å². The third-order valence-corrected chi connectivity index (χ3v) is 5.76. The fourth-order valence-corrected chi connectivity index (χ4v) is 4.90. The van der Waals surface area contributed by atoms with Crippen molar-refractivity contribution in [1.29, 1.82) is 0 Å². The number of rotatable bonds is 0. The van der Waals surface area contributed by atoms with Crippen molar-refractivity contribution in [2.75, 3.05) is 6.61 Å². The van der Waals surface area contributed by atoms with Crippen LogP contribution in [-0.4, -0.2) is 24.6 Å². The SMILES string of the molecule is C[C@@]12CCC[C@]3(C)C4=CC(=O)OCC4=CC(OC1=O)C23. The molecule has 20 heavy (non-hydrogen) atoms. The average Bonchev–Trinajstić information content (AvgIpc) is 2.64. The van der Waals surface area contributed by atoms with E-state index in [-0.39, 0.29) is 29.4 Å². The van der Waals surface area contributed by atoms with E-state index in [1.165, 1.54) is 0 Å². The summed E-state index contributed by atoms with van der Waals surface area (Å²) in [6.07, 6.45) is 6.33. The van der Waals surface area contributed by atoms with Crippen molar-refractivity contribution in [1.82, 2.24) is 0 Å². The molecule has 0 aromatic heterocycles. The molecule has 0 aromatic carbocycles. The molecule has 4 nitrogen and oxygen atoms in total. The molecule has 2 unspecified atom stereocenters. The van der Waals surface area contributed by atoms with E-state index in [0.717, 1.165) is 30.4 Å². The van der Waals surface area contributed by atoms with Crippen LogP contribution in [-0.2, 0) is 19.1 Å². The molecule has 4 heteroatoms. The lowest BCUT2D eigenvalue weighted by Gasteiger charge is -2.51. The smallest absolute Gasteiger partial charge is 0.331 e. The van der Waals surface area contributed by atoms with E-state index in [2.05, 4.69) is 6.92 Å². The number of esters is 2. The molecule has 0 aromatic rings. The summed E-state index contributed by atoms with van der Waals surface area (Å²) in [6.45, 7) is 4.51. The zero-order chi connectivity index (χ0) is 14.1. The van der Waals surface area contributed by atoms with Gasteiger partial charge in [-0.1, -0.05) is 13.3 Å². The number of cyclic esters (lactones) is 1. The van der Waals surface area contributed by atoms with Crippen molar-refractivity contribution in [3.63, 3.8) is 0 Å². The third-order valence-electron chi connectivity index (χ3n) is 5.76. The normalized spacial score (nSPS) is 45.7. The average molecular weight is 274 g/mol. The fraction of sp³-hybridized carbons (Fsp3) is 0.625. The molecular formula is C16H18O4. The van der Waals surface area contributed by atoms with Gasteiger partial charge in [-0.3, -0.25) is 4.79 Å². The van der Waals surface area contributed by atoms with Crippen LogP contribution in [0.2, 0.25) is 0 Å². The molecule has 1 saturated heterocycles. The van der Waals surface area contributed by atoms with E-state index in [1.54, 1.807) is 6.08 Å². The maximum absolute atomic E-state index is 12.3. The molecule has 0 N–H and O–H groups in total. The highest BCUT2D eigenvalue weighted by Gasteiger charge is 2.64. The van der Waals surface area contributed by atoms with E-state index in [4.69, 9.17) is 9.47 Å². The fourth-order valence-electron chi connectivity index (χ4n) is 4.90. The Kier molecular flexibility index (Phi) is 2.16. The lowest BCUT2D eigenvalue weighted by atomic mass is 9.50. The maximum Gasteiger partial charge on any atom is 0.331 e. The number of carbonyl (C=O) groups excluding carboxylic acids is 2. The Hall–Kier alpha value is -1.58.